The number of hydrogen-bond acceptors (Lipinski definition) is 5. The SMILES string of the molecule is CC1(c2ccc(F)cc2)NC(=O)N(CC(=O)Nc2ccc(F)c(-c3nnc4n3CCCCC4)c2)C1=O. The minimum absolute atomic E-state index is 0.201. The second-order valence-electron chi connectivity index (χ2n) is 9.10. The van der Waals surface area contributed by atoms with E-state index in [2.05, 4.69) is 20.8 Å². The van der Waals surface area contributed by atoms with Crippen molar-refractivity contribution >= 4 is 23.5 Å². The third kappa shape index (κ3) is 4.21. The zero-order valence-corrected chi connectivity index (χ0v) is 19.6. The molecule has 1 aromatic heterocycles. The maximum absolute atomic E-state index is 14.7. The van der Waals surface area contributed by atoms with Crippen molar-refractivity contribution in [2.45, 2.75) is 44.7 Å². The van der Waals surface area contributed by atoms with Gasteiger partial charge in [0, 0.05) is 18.7 Å². The highest BCUT2D eigenvalue weighted by Crippen LogP contribution is 2.30. The number of anilines is 1. The number of benzene rings is 2. The topological polar surface area (TPSA) is 109 Å². The summed E-state index contributed by atoms with van der Waals surface area (Å²) in [4.78, 5) is 39.1. The largest absolute Gasteiger partial charge is 0.325 e. The van der Waals surface area contributed by atoms with Gasteiger partial charge in [0.15, 0.2) is 5.82 Å². The fourth-order valence-electron chi connectivity index (χ4n) is 4.62. The van der Waals surface area contributed by atoms with Crippen molar-refractivity contribution in [2.75, 3.05) is 11.9 Å². The fourth-order valence-corrected chi connectivity index (χ4v) is 4.62. The van der Waals surface area contributed by atoms with E-state index in [0.717, 1.165) is 36.4 Å². The maximum atomic E-state index is 14.7. The molecule has 1 saturated heterocycles. The smallest absolute Gasteiger partial charge is 0.325 e. The third-order valence-electron chi connectivity index (χ3n) is 6.60. The van der Waals surface area contributed by atoms with Crippen LogP contribution in [-0.4, -0.2) is 44.1 Å². The van der Waals surface area contributed by atoms with E-state index in [0.29, 0.717) is 17.9 Å². The second kappa shape index (κ2) is 9.14. The number of nitrogens with zero attached hydrogens (tertiary/aromatic N) is 4. The lowest BCUT2D eigenvalue weighted by Crippen LogP contribution is -2.42. The van der Waals surface area contributed by atoms with Gasteiger partial charge in [-0.2, -0.15) is 0 Å². The molecule has 2 aromatic carbocycles. The Morgan fingerprint density at radius 3 is 2.64 bits per heavy atom. The molecule has 1 atom stereocenters. The van der Waals surface area contributed by atoms with Crippen molar-refractivity contribution in [3.05, 3.63) is 65.5 Å². The van der Waals surface area contributed by atoms with E-state index in [1.54, 1.807) is 0 Å². The van der Waals surface area contributed by atoms with Crippen molar-refractivity contribution < 1.29 is 23.2 Å². The normalized spacial score (nSPS) is 19.6. The molecule has 1 unspecified atom stereocenters. The number of imide groups is 1. The van der Waals surface area contributed by atoms with Crippen LogP contribution in [0, 0.1) is 11.6 Å². The summed E-state index contributed by atoms with van der Waals surface area (Å²) in [5.74, 6) is -1.06. The van der Waals surface area contributed by atoms with Crippen LogP contribution in [0.25, 0.3) is 11.4 Å². The summed E-state index contributed by atoms with van der Waals surface area (Å²) in [7, 11) is 0. The van der Waals surface area contributed by atoms with Crippen molar-refractivity contribution in [3.8, 4) is 11.4 Å². The van der Waals surface area contributed by atoms with Crippen molar-refractivity contribution in [1.82, 2.24) is 25.0 Å². The fraction of sp³-hybridized carbons (Fsp3) is 0.320. The van der Waals surface area contributed by atoms with Gasteiger partial charge in [-0.1, -0.05) is 18.6 Å². The Morgan fingerprint density at radius 1 is 1.08 bits per heavy atom. The van der Waals surface area contributed by atoms with Crippen molar-refractivity contribution in [1.29, 1.82) is 0 Å². The minimum Gasteiger partial charge on any atom is -0.325 e. The molecule has 186 valence electrons. The molecule has 3 heterocycles. The van der Waals surface area contributed by atoms with Crippen LogP contribution in [0.15, 0.2) is 42.5 Å². The van der Waals surface area contributed by atoms with Gasteiger partial charge in [0.2, 0.25) is 5.91 Å². The number of halogens is 2. The lowest BCUT2D eigenvalue weighted by molar-refractivity contribution is -0.133. The molecule has 0 spiro atoms. The zero-order chi connectivity index (χ0) is 25.4. The standard InChI is InChI=1S/C25H24F2N6O3/c1-25(15-6-8-16(26)9-7-15)23(35)33(24(36)29-25)14-21(34)28-17-10-11-19(27)18(13-17)22-31-30-20-5-3-2-4-12-32(20)22/h6-11,13H,2-5,12,14H2,1H3,(H,28,34)(H,29,36). The molecule has 11 heteroatoms. The highest BCUT2D eigenvalue weighted by Gasteiger charge is 2.49. The maximum Gasteiger partial charge on any atom is 0.325 e. The Hall–Kier alpha value is -4.15. The molecule has 0 radical (unpaired) electrons. The molecule has 2 aliphatic heterocycles. The first-order valence-corrected chi connectivity index (χ1v) is 11.7. The first-order valence-electron chi connectivity index (χ1n) is 11.7. The molecule has 5 rings (SSSR count). The summed E-state index contributed by atoms with van der Waals surface area (Å²) in [5, 5.41) is 13.6. The molecule has 9 nitrogen and oxygen atoms in total. The van der Waals surface area contributed by atoms with Crippen LogP contribution in [0.3, 0.4) is 0 Å². The monoisotopic (exact) mass is 494 g/mol. The number of nitrogens with one attached hydrogen (secondary N) is 2. The van der Waals surface area contributed by atoms with Gasteiger partial charge in [0.25, 0.3) is 5.91 Å². The molecule has 0 saturated carbocycles. The van der Waals surface area contributed by atoms with Crippen LogP contribution in [0.5, 0.6) is 0 Å². The van der Waals surface area contributed by atoms with Crippen molar-refractivity contribution in [3.63, 3.8) is 0 Å². The summed E-state index contributed by atoms with van der Waals surface area (Å²) < 4.78 is 29.9. The van der Waals surface area contributed by atoms with Gasteiger partial charge >= 0.3 is 6.03 Å². The van der Waals surface area contributed by atoms with Crippen LogP contribution < -0.4 is 10.6 Å². The van der Waals surface area contributed by atoms with Gasteiger partial charge in [0.1, 0.15) is 29.5 Å². The number of aromatic nitrogens is 3. The molecule has 0 bridgehead atoms. The average Bonchev–Trinajstić information content (AvgIpc) is 3.22. The highest BCUT2D eigenvalue weighted by molar-refractivity contribution is 6.10. The van der Waals surface area contributed by atoms with E-state index in [1.165, 1.54) is 49.4 Å². The first-order chi connectivity index (χ1) is 17.3. The number of hydrogen-bond donors (Lipinski definition) is 2. The summed E-state index contributed by atoms with van der Waals surface area (Å²) in [5.41, 5.74) is -0.552. The van der Waals surface area contributed by atoms with Crippen LogP contribution in [0.4, 0.5) is 19.3 Å². The molecule has 1 fully saturated rings. The highest BCUT2D eigenvalue weighted by atomic mass is 19.1. The van der Waals surface area contributed by atoms with E-state index in [4.69, 9.17) is 0 Å². The van der Waals surface area contributed by atoms with Crippen molar-refractivity contribution in [2.24, 2.45) is 0 Å². The van der Waals surface area contributed by atoms with E-state index in [9.17, 15) is 23.2 Å². The number of carbonyl (C=O) groups excluding carboxylic acids is 3. The minimum atomic E-state index is -1.43. The Labute approximate surface area is 205 Å². The number of rotatable bonds is 5. The Morgan fingerprint density at radius 2 is 1.86 bits per heavy atom. The van der Waals surface area contributed by atoms with Gasteiger partial charge in [-0.3, -0.25) is 14.5 Å². The Kier molecular flexibility index (Phi) is 5.99. The summed E-state index contributed by atoms with van der Waals surface area (Å²) >= 11 is 0. The van der Waals surface area contributed by atoms with E-state index in [1.807, 2.05) is 4.57 Å². The summed E-state index contributed by atoms with van der Waals surface area (Å²) in [6.07, 6.45) is 3.77. The molecular formula is C25H24F2N6O3. The molecule has 36 heavy (non-hydrogen) atoms. The average molecular weight is 495 g/mol. The number of fused-ring (bicyclic) bond motifs is 1. The lowest BCUT2D eigenvalue weighted by Gasteiger charge is -2.22. The number of amides is 4. The number of urea groups is 1. The molecular weight excluding hydrogens is 470 g/mol. The third-order valence-corrected chi connectivity index (χ3v) is 6.60. The quantitative estimate of drug-likeness (QED) is 0.529. The first kappa shape index (κ1) is 23.6. The van der Waals surface area contributed by atoms with E-state index < -0.39 is 41.6 Å². The van der Waals surface area contributed by atoms with Gasteiger partial charge in [-0.15, -0.1) is 10.2 Å². The van der Waals surface area contributed by atoms with Crippen LogP contribution in [0.2, 0.25) is 0 Å². The van der Waals surface area contributed by atoms with E-state index >= 15 is 0 Å². The van der Waals surface area contributed by atoms with Gasteiger partial charge < -0.3 is 15.2 Å². The summed E-state index contributed by atoms with van der Waals surface area (Å²) in [6.45, 7) is 1.63. The molecule has 4 amide bonds. The molecule has 2 N–H and O–H groups in total. The van der Waals surface area contributed by atoms with Crippen LogP contribution in [0.1, 0.15) is 37.6 Å². The van der Waals surface area contributed by atoms with Gasteiger partial charge in [0.05, 0.1) is 5.56 Å². The zero-order valence-electron chi connectivity index (χ0n) is 19.6. The predicted octanol–water partition coefficient (Wildman–Crippen LogP) is 3.36. The Balaban J connectivity index is 1.32. The Bertz CT molecular complexity index is 1360. The second-order valence-corrected chi connectivity index (χ2v) is 9.10. The lowest BCUT2D eigenvalue weighted by atomic mass is 9.92. The molecule has 2 aliphatic rings. The summed E-state index contributed by atoms with van der Waals surface area (Å²) in [6, 6.07) is 8.53. The van der Waals surface area contributed by atoms with Gasteiger partial charge in [-0.05, 0) is 55.7 Å². The molecule has 0 aliphatic carbocycles. The predicted molar refractivity (Wildman–Crippen MR) is 126 cm³/mol. The number of carbonyl (C=O) groups is 3. The van der Waals surface area contributed by atoms with Crippen LogP contribution in [-0.2, 0) is 28.1 Å². The van der Waals surface area contributed by atoms with Crippen LogP contribution >= 0.6 is 0 Å². The van der Waals surface area contributed by atoms with Gasteiger partial charge in [-0.25, -0.2) is 13.6 Å². The molecule has 3 aromatic rings. The van der Waals surface area contributed by atoms with E-state index in [-0.39, 0.29) is 11.3 Å². The number of aryl methyl sites for hydroxylation is 1.